The van der Waals surface area contributed by atoms with Crippen LogP contribution in [-0.2, 0) is 9.53 Å². The molecular weight excluding hydrogens is 218 g/mol. The molecule has 0 amide bonds. The average molecular weight is 243 g/mol. The molecule has 1 fully saturated rings. The molecule has 2 unspecified atom stereocenters. The highest BCUT2D eigenvalue weighted by Crippen LogP contribution is 2.19. The number of unbranched alkanes of at least 4 members (excludes halogenated alkanes) is 4. The van der Waals surface area contributed by atoms with Gasteiger partial charge >= 0.3 is 5.97 Å². The number of likely N-dealkylation sites (N-methyl/N-ethyl adjacent to an activating group) is 1. The predicted octanol–water partition coefficient (Wildman–Crippen LogP) is 1.99. The lowest BCUT2D eigenvalue weighted by Gasteiger charge is -2.25. The van der Waals surface area contributed by atoms with Crippen molar-refractivity contribution in [1.82, 2.24) is 4.90 Å². The molecule has 0 bridgehead atoms. The maximum Gasteiger partial charge on any atom is 0.310 e. The van der Waals surface area contributed by atoms with Gasteiger partial charge in [0, 0.05) is 6.04 Å². The minimum absolute atomic E-state index is 0.0543. The first-order valence-electron chi connectivity index (χ1n) is 6.67. The number of hydrogen-bond acceptors (Lipinski definition) is 3. The van der Waals surface area contributed by atoms with E-state index in [0.29, 0.717) is 13.2 Å². The molecule has 4 nitrogen and oxygen atoms in total. The highest BCUT2D eigenvalue weighted by molar-refractivity contribution is 5.71. The molecular formula is C13H25NO3. The molecule has 0 spiro atoms. The Morgan fingerprint density at radius 2 is 2.00 bits per heavy atom. The number of nitrogens with zero attached hydrogens (tertiary/aromatic N) is 1. The third kappa shape index (κ3) is 4.64. The summed E-state index contributed by atoms with van der Waals surface area (Å²) in [7, 11) is 2.01. The Balaban J connectivity index is 2.22. The average Bonchev–Trinajstić information content (AvgIpc) is 2.77. The second kappa shape index (κ2) is 7.67. The smallest absolute Gasteiger partial charge is 0.310 e. The summed E-state index contributed by atoms with van der Waals surface area (Å²) in [4.78, 5) is 13.2. The van der Waals surface area contributed by atoms with Gasteiger partial charge in [-0.25, -0.2) is 0 Å². The topological polar surface area (TPSA) is 49.8 Å². The van der Waals surface area contributed by atoms with Crippen molar-refractivity contribution < 1.29 is 14.6 Å². The number of ether oxygens (including phenoxy) is 1. The molecule has 17 heavy (non-hydrogen) atoms. The van der Waals surface area contributed by atoms with Crippen molar-refractivity contribution in [3.8, 4) is 0 Å². The van der Waals surface area contributed by atoms with Crippen LogP contribution < -0.4 is 0 Å². The van der Waals surface area contributed by atoms with Gasteiger partial charge in [-0.05, 0) is 20.0 Å². The van der Waals surface area contributed by atoms with Gasteiger partial charge in [0.15, 0.2) is 0 Å². The maximum atomic E-state index is 11.0. The molecule has 0 radical (unpaired) electrons. The van der Waals surface area contributed by atoms with Crippen LogP contribution in [0.4, 0.5) is 0 Å². The van der Waals surface area contributed by atoms with Gasteiger partial charge in [0.05, 0.1) is 19.1 Å². The van der Waals surface area contributed by atoms with E-state index in [1.807, 2.05) is 7.05 Å². The Hall–Kier alpha value is -0.610. The van der Waals surface area contributed by atoms with E-state index in [-0.39, 0.29) is 12.0 Å². The summed E-state index contributed by atoms with van der Waals surface area (Å²) in [6, 6.07) is 0.0543. The van der Waals surface area contributed by atoms with E-state index < -0.39 is 5.97 Å². The summed E-state index contributed by atoms with van der Waals surface area (Å²) in [5.41, 5.74) is 0. The fourth-order valence-electron chi connectivity index (χ4n) is 2.34. The molecule has 2 atom stereocenters. The first kappa shape index (κ1) is 14.5. The zero-order valence-electron chi connectivity index (χ0n) is 11.0. The van der Waals surface area contributed by atoms with Crippen molar-refractivity contribution in [2.45, 2.75) is 45.1 Å². The van der Waals surface area contributed by atoms with E-state index in [1.54, 1.807) is 0 Å². The second-order valence-corrected chi connectivity index (χ2v) is 4.94. The summed E-state index contributed by atoms with van der Waals surface area (Å²) in [5, 5.41) is 9.07. The Morgan fingerprint density at radius 3 is 2.65 bits per heavy atom. The fraction of sp³-hybridized carbons (Fsp3) is 0.923. The van der Waals surface area contributed by atoms with Crippen LogP contribution in [0.2, 0.25) is 0 Å². The van der Waals surface area contributed by atoms with E-state index in [0.717, 1.165) is 13.0 Å². The van der Waals surface area contributed by atoms with Crippen LogP contribution in [-0.4, -0.2) is 48.8 Å². The van der Waals surface area contributed by atoms with E-state index >= 15 is 0 Å². The third-order valence-electron chi connectivity index (χ3n) is 3.55. The Morgan fingerprint density at radius 1 is 1.29 bits per heavy atom. The zero-order chi connectivity index (χ0) is 12.7. The van der Waals surface area contributed by atoms with Gasteiger partial charge in [-0.3, -0.25) is 4.79 Å². The first-order chi connectivity index (χ1) is 8.16. The third-order valence-corrected chi connectivity index (χ3v) is 3.55. The minimum Gasteiger partial charge on any atom is -0.481 e. The van der Waals surface area contributed by atoms with Gasteiger partial charge in [-0.15, -0.1) is 0 Å². The van der Waals surface area contributed by atoms with Crippen molar-refractivity contribution in [2.75, 3.05) is 26.8 Å². The number of hydrogen-bond donors (Lipinski definition) is 1. The lowest BCUT2D eigenvalue weighted by Crippen LogP contribution is -2.41. The number of carbonyl (C=O) groups is 1. The summed E-state index contributed by atoms with van der Waals surface area (Å²) in [6.07, 6.45) is 6.23. The normalized spacial score (nSPS) is 24.4. The molecule has 0 aromatic heterocycles. The van der Waals surface area contributed by atoms with Crippen molar-refractivity contribution in [3.63, 3.8) is 0 Å². The van der Waals surface area contributed by atoms with Gasteiger partial charge in [0.1, 0.15) is 0 Å². The van der Waals surface area contributed by atoms with Crippen molar-refractivity contribution in [1.29, 1.82) is 0 Å². The molecule has 0 aromatic rings. The predicted molar refractivity (Wildman–Crippen MR) is 67.1 cm³/mol. The number of carboxylic acid groups (broad SMARTS) is 1. The number of aliphatic carboxylic acids is 1. The van der Waals surface area contributed by atoms with Gasteiger partial charge in [-0.2, -0.15) is 0 Å². The quantitative estimate of drug-likeness (QED) is 0.662. The SMILES string of the molecule is CCCCCCCN(C)C1COCC1C(=O)O. The molecule has 100 valence electrons. The highest BCUT2D eigenvalue weighted by Gasteiger charge is 2.36. The molecule has 1 heterocycles. The fourth-order valence-corrected chi connectivity index (χ4v) is 2.34. The van der Waals surface area contributed by atoms with Crippen LogP contribution in [0.15, 0.2) is 0 Å². The van der Waals surface area contributed by atoms with Crippen LogP contribution in [0.3, 0.4) is 0 Å². The molecule has 0 saturated carbocycles. The lowest BCUT2D eigenvalue weighted by atomic mass is 10.0. The van der Waals surface area contributed by atoms with Crippen LogP contribution in [0.5, 0.6) is 0 Å². The molecule has 1 aliphatic heterocycles. The molecule has 1 rings (SSSR count). The van der Waals surface area contributed by atoms with Crippen molar-refractivity contribution in [3.05, 3.63) is 0 Å². The summed E-state index contributed by atoms with van der Waals surface area (Å²) in [5.74, 6) is -1.08. The highest BCUT2D eigenvalue weighted by atomic mass is 16.5. The number of rotatable bonds is 8. The largest absolute Gasteiger partial charge is 0.481 e. The first-order valence-corrected chi connectivity index (χ1v) is 6.67. The molecule has 1 aliphatic rings. The van der Waals surface area contributed by atoms with Crippen LogP contribution in [0.25, 0.3) is 0 Å². The van der Waals surface area contributed by atoms with Gasteiger partial charge in [-0.1, -0.05) is 32.6 Å². The molecule has 0 aromatic carbocycles. The van der Waals surface area contributed by atoms with E-state index in [1.165, 1.54) is 25.7 Å². The van der Waals surface area contributed by atoms with Gasteiger partial charge < -0.3 is 14.7 Å². The molecule has 0 aliphatic carbocycles. The van der Waals surface area contributed by atoms with E-state index in [9.17, 15) is 4.79 Å². The van der Waals surface area contributed by atoms with Crippen LogP contribution >= 0.6 is 0 Å². The monoisotopic (exact) mass is 243 g/mol. The summed E-state index contributed by atoms with van der Waals surface area (Å²) < 4.78 is 5.27. The standard InChI is InChI=1S/C13H25NO3/c1-3-4-5-6-7-8-14(2)12-10-17-9-11(12)13(15)16/h11-12H,3-10H2,1-2H3,(H,15,16). The zero-order valence-corrected chi connectivity index (χ0v) is 11.0. The Bertz CT molecular complexity index is 233. The second-order valence-electron chi connectivity index (χ2n) is 4.94. The molecule has 1 N–H and O–H groups in total. The minimum atomic E-state index is -0.731. The Labute approximate surface area is 104 Å². The van der Waals surface area contributed by atoms with Gasteiger partial charge in [0.2, 0.25) is 0 Å². The van der Waals surface area contributed by atoms with E-state index in [2.05, 4.69) is 11.8 Å². The van der Waals surface area contributed by atoms with Crippen molar-refractivity contribution >= 4 is 5.97 Å². The van der Waals surface area contributed by atoms with Crippen LogP contribution in [0.1, 0.15) is 39.0 Å². The van der Waals surface area contributed by atoms with Gasteiger partial charge in [0.25, 0.3) is 0 Å². The molecule has 4 heteroatoms. The van der Waals surface area contributed by atoms with E-state index in [4.69, 9.17) is 9.84 Å². The maximum absolute atomic E-state index is 11.0. The summed E-state index contributed by atoms with van der Waals surface area (Å²) >= 11 is 0. The Kier molecular flexibility index (Phi) is 6.52. The van der Waals surface area contributed by atoms with Crippen LogP contribution in [0, 0.1) is 5.92 Å². The lowest BCUT2D eigenvalue weighted by molar-refractivity contribution is -0.143. The number of carboxylic acids is 1. The molecule has 1 saturated heterocycles. The summed E-state index contributed by atoms with van der Waals surface area (Å²) in [6.45, 7) is 4.10. The van der Waals surface area contributed by atoms with Crippen molar-refractivity contribution in [2.24, 2.45) is 5.92 Å².